The van der Waals surface area contributed by atoms with Gasteiger partial charge in [0.05, 0.1) is 27.5 Å². The SMILES string of the molecule is c1ccc(C2(c3ccccc3)c3ccccc3-c3c(-c4ccc(-c5nc(-n6c7ccccc7c7ccccc76)nc(-n6c7ccccc7c7ccccc76)n5)cc4)cccc32)cc1. The van der Waals surface area contributed by atoms with Crippen molar-refractivity contribution in [1.29, 1.82) is 0 Å². The Morgan fingerprint density at radius 1 is 0.302 bits per heavy atom. The lowest BCUT2D eigenvalue weighted by Gasteiger charge is -2.34. The standard InChI is InChI=1S/C58H37N5/c1-3-18-40(19-4-1)58(41-20-5-2-6-21-41)48-28-12-7-26-47(48)54-42(27-17-29-49(54)58)38-34-36-39(37-35-38)55-59-56(62-50-30-13-8-22-43(50)44-23-9-14-31-51(44)62)61-57(60-55)63-52-32-15-10-24-45(52)46-25-11-16-33-53(46)63/h1-37H. The van der Waals surface area contributed by atoms with E-state index in [1.165, 1.54) is 38.9 Å². The third-order valence-corrected chi connectivity index (χ3v) is 13.1. The summed E-state index contributed by atoms with van der Waals surface area (Å²) >= 11 is 0. The molecule has 294 valence electrons. The molecule has 3 heterocycles. The van der Waals surface area contributed by atoms with Gasteiger partial charge >= 0.3 is 0 Å². The highest BCUT2D eigenvalue weighted by Gasteiger charge is 2.46. The molecule has 13 rings (SSSR count). The number of fused-ring (bicyclic) bond motifs is 9. The van der Waals surface area contributed by atoms with Gasteiger partial charge in [-0.05, 0) is 68.8 Å². The van der Waals surface area contributed by atoms with Crippen LogP contribution in [0.2, 0.25) is 0 Å². The van der Waals surface area contributed by atoms with Crippen LogP contribution in [-0.2, 0) is 5.41 Å². The van der Waals surface area contributed by atoms with Gasteiger partial charge in [-0.15, -0.1) is 0 Å². The predicted octanol–water partition coefficient (Wildman–Crippen LogP) is 13.8. The van der Waals surface area contributed by atoms with Crippen molar-refractivity contribution in [3.05, 3.63) is 247 Å². The number of hydrogen-bond donors (Lipinski definition) is 0. The maximum absolute atomic E-state index is 5.34. The van der Waals surface area contributed by atoms with Gasteiger partial charge in [-0.3, -0.25) is 9.13 Å². The number of para-hydroxylation sites is 4. The van der Waals surface area contributed by atoms with E-state index in [1.54, 1.807) is 0 Å². The van der Waals surface area contributed by atoms with Gasteiger partial charge in [-0.25, -0.2) is 0 Å². The highest BCUT2D eigenvalue weighted by atomic mass is 15.3. The van der Waals surface area contributed by atoms with Crippen molar-refractivity contribution in [2.45, 2.75) is 5.41 Å². The quantitative estimate of drug-likeness (QED) is 0.168. The van der Waals surface area contributed by atoms with Gasteiger partial charge in [0.1, 0.15) is 0 Å². The van der Waals surface area contributed by atoms with Crippen LogP contribution in [0.1, 0.15) is 22.3 Å². The molecule has 0 amide bonds. The Morgan fingerprint density at radius 2 is 0.698 bits per heavy atom. The fourth-order valence-electron chi connectivity index (χ4n) is 10.5. The number of nitrogens with zero attached hydrogens (tertiary/aromatic N) is 5. The average molecular weight is 804 g/mol. The summed E-state index contributed by atoms with van der Waals surface area (Å²) in [6.45, 7) is 0. The topological polar surface area (TPSA) is 48.5 Å². The van der Waals surface area contributed by atoms with Gasteiger partial charge < -0.3 is 0 Å². The Hall–Kier alpha value is -8.41. The third kappa shape index (κ3) is 5.14. The smallest absolute Gasteiger partial charge is 0.240 e. The molecule has 0 atom stereocenters. The highest BCUT2D eigenvalue weighted by molar-refractivity contribution is 6.10. The van der Waals surface area contributed by atoms with Crippen LogP contribution < -0.4 is 0 Å². The Labute approximate surface area is 363 Å². The molecule has 1 aliphatic rings. The molecule has 0 unspecified atom stereocenters. The van der Waals surface area contributed by atoms with Crippen molar-refractivity contribution < 1.29 is 0 Å². The molecular formula is C58H37N5. The molecule has 0 N–H and O–H groups in total. The minimum Gasteiger partial charge on any atom is -0.278 e. The zero-order valence-electron chi connectivity index (χ0n) is 34.1. The van der Waals surface area contributed by atoms with Crippen molar-refractivity contribution in [2.24, 2.45) is 0 Å². The number of aromatic nitrogens is 5. The van der Waals surface area contributed by atoms with E-state index >= 15 is 0 Å². The molecule has 5 nitrogen and oxygen atoms in total. The lowest BCUT2D eigenvalue weighted by atomic mass is 9.67. The monoisotopic (exact) mass is 803 g/mol. The van der Waals surface area contributed by atoms with E-state index in [-0.39, 0.29) is 0 Å². The van der Waals surface area contributed by atoms with E-state index in [0.29, 0.717) is 17.7 Å². The van der Waals surface area contributed by atoms with Crippen molar-refractivity contribution in [1.82, 2.24) is 24.1 Å². The summed E-state index contributed by atoms with van der Waals surface area (Å²) in [6, 6.07) is 80.4. The van der Waals surface area contributed by atoms with E-state index in [1.807, 2.05) is 0 Å². The number of benzene rings is 9. The summed E-state index contributed by atoms with van der Waals surface area (Å²) in [5.41, 5.74) is 14.5. The molecule has 0 radical (unpaired) electrons. The van der Waals surface area contributed by atoms with Gasteiger partial charge in [0.15, 0.2) is 5.82 Å². The van der Waals surface area contributed by atoms with Crippen LogP contribution >= 0.6 is 0 Å². The van der Waals surface area contributed by atoms with E-state index < -0.39 is 5.41 Å². The largest absolute Gasteiger partial charge is 0.278 e. The van der Waals surface area contributed by atoms with Crippen LogP contribution in [0.3, 0.4) is 0 Å². The van der Waals surface area contributed by atoms with E-state index in [2.05, 4.69) is 234 Å². The van der Waals surface area contributed by atoms with E-state index in [9.17, 15) is 0 Å². The summed E-state index contributed by atoms with van der Waals surface area (Å²) in [6.07, 6.45) is 0. The molecular weight excluding hydrogens is 767 g/mol. The summed E-state index contributed by atoms with van der Waals surface area (Å²) in [5, 5.41) is 4.60. The third-order valence-electron chi connectivity index (χ3n) is 13.1. The molecule has 3 aromatic heterocycles. The van der Waals surface area contributed by atoms with Crippen LogP contribution in [0.5, 0.6) is 0 Å². The lowest BCUT2D eigenvalue weighted by molar-refractivity contribution is 0.768. The summed E-state index contributed by atoms with van der Waals surface area (Å²) in [5.74, 6) is 1.73. The second-order valence-electron chi connectivity index (χ2n) is 16.3. The molecule has 0 fully saturated rings. The van der Waals surface area contributed by atoms with Crippen molar-refractivity contribution in [3.8, 4) is 45.5 Å². The van der Waals surface area contributed by atoms with Crippen molar-refractivity contribution >= 4 is 43.6 Å². The molecule has 0 bridgehead atoms. The lowest BCUT2D eigenvalue weighted by Crippen LogP contribution is -2.28. The second kappa shape index (κ2) is 13.8. The summed E-state index contributed by atoms with van der Waals surface area (Å²) in [7, 11) is 0. The zero-order valence-corrected chi connectivity index (χ0v) is 34.1. The fraction of sp³-hybridized carbons (Fsp3) is 0.0172. The number of rotatable bonds is 6. The fourth-order valence-corrected chi connectivity index (χ4v) is 10.5. The first-order chi connectivity index (χ1) is 31.3. The average Bonchev–Trinajstić information content (AvgIpc) is 3.99. The van der Waals surface area contributed by atoms with Crippen LogP contribution in [0.4, 0.5) is 0 Å². The Balaban J connectivity index is 1.02. The molecule has 5 heteroatoms. The minimum absolute atomic E-state index is 0.471. The summed E-state index contributed by atoms with van der Waals surface area (Å²) < 4.78 is 4.36. The molecule has 1 aliphatic carbocycles. The Bertz CT molecular complexity index is 3450. The van der Waals surface area contributed by atoms with Gasteiger partial charge in [-0.1, -0.05) is 200 Å². The van der Waals surface area contributed by atoms with E-state index in [4.69, 9.17) is 15.0 Å². The first-order valence-electron chi connectivity index (χ1n) is 21.5. The van der Waals surface area contributed by atoms with Crippen molar-refractivity contribution in [3.63, 3.8) is 0 Å². The highest BCUT2D eigenvalue weighted by Crippen LogP contribution is 2.58. The Morgan fingerprint density at radius 3 is 1.21 bits per heavy atom. The normalized spacial score (nSPS) is 12.9. The molecule has 0 saturated carbocycles. The summed E-state index contributed by atoms with van der Waals surface area (Å²) in [4.78, 5) is 16.0. The van der Waals surface area contributed by atoms with Crippen LogP contribution in [0.15, 0.2) is 224 Å². The zero-order chi connectivity index (χ0) is 41.5. The molecule has 63 heavy (non-hydrogen) atoms. The van der Waals surface area contributed by atoms with Crippen LogP contribution in [-0.4, -0.2) is 24.1 Å². The van der Waals surface area contributed by atoms with Gasteiger partial charge in [0.2, 0.25) is 11.9 Å². The first kappa shape index (κ1) is 35.4. The molecule has 0 aliphatic heterocycles. The second-order valence-corrected chi connectivity index (χ2v) is 16.3. The molecule has 9 aromatic carbocycles. The minimum atomic E-state index is -0.471. The van der Waals surface area contributed by atoms with Crippen LogP contribution in [0, 0.1) is 0 Å². The van der Waals surface area contributed by atoms with Crippen LogP contribution in [0.25, 0.3) is 89.2 Å². The Kier molecular flexibility index (Phi) is 7.75. The van der Waals surface area contributed by atoms with Gasteiger partial charge in [-0.2, -0.15) is 15.0 Å². The predicted molar refractivity (Wildman–Crippen MR) is 257 cm³/mol. The van der Waals surface area contributed by atoms with E-state index in [0.717, 1.165) is 54.7 Å². The van der Waals surface area contributed by atoms with Crippen molar-refractivity contribution in [2.75, 3.05) is 0 Å². The maximum atomic E-state index is 5.34. The molecule has 0 saturated heterocycles. The number of hydrogen-bond acceptors (Lipinski definition) is 3. The maximum Gasteiger partial charge on any atom is 0.240 e. The molecule has 0 spiro atoms. The van der Waals surface area contributed by atoms with Gasteiger partial charge in [0, 0.05) is 27.1 Å². The molecule has 12 aromatic rings. The first-order valence-corrected chi connectivity index (χ1v) is 21.5. The van der Waals surface area contributed by atoms with Gasteiger partial charge in [0.25, 0.3) is 0 Å².